The first-order valence-electron chi connectivity index (χ1n) is 9.69. The van der Waals surface area contributed by atoms with E-state index in [9.17, 15) is 8.42 Å². The molecule has 0 aromatic carbocycles. The van der Waals surface area contributed by atoms with Gasteiger partial charge in [0.1, 0.15) is 5.82 Å². The SMILES string of the molecule is CN=C(NCCS(=O)(=O)N1CCN(c2ccccn2)CC1)NC1CCCC1. The van der Waals surface area contributed by atoms with Crippen LogP contribution in [0.5, 0.6) is 0 Å². The first-order valence-corrected chi connectivity index (χ1v) is 11.3. The van der Waals surface area contributed by atoms with Crippen LogP contribution in [0.4, 0.5) is 5.82 Å². The molecule has 1 aliphatic carbocycles. The lowest BCUT2D eigenvalue weighted by Gasteiger charge is -2.34. The van der Waals surface area contributed by atoms with Crippen molar-refractivity contribution in [1.29, 1.82) is 0 Å². The normalized spacial score (nSPS) is 20.0. The highest BCUT2D eigenvalue weighted by Crippen LogP contribution is 2.17. The van der Waals surface area contributed by atoms with Crippen molar-refractivity contribution in [3.05, 3.63) is 24.4 Å². The van der Waals surface area contributed by atoms with E-state index >= 15 is 0 Å². The molecule has 2 aliphatic rings. The fourth-order valence-electron chi connectivity index (χ4n) is 3.62. The molecule has 2 heterocycles. The zero-order valence-corrected chi connectivity index (χ0v) is 16.8. The van der Waals surface area contributed by atoms with Gasteiger partial charge in [-0.3, -0.25) is 4.99 Å². The molecule has 1 saturated heterocycles. The number of guanidine groups is 1. The molecule has 27 heavy (non-hydrogen) atoms. The van der Waals surface area contributed by atoms with Gasteiger partial charge in [0.25, 0.3) is 0 Å². The Morgan fingerprint density at radius 1 is 1.22 bits per heavy atom. The number of nitrogens with one attached hydrogen (secondary N) is 2. The number of anilines is 1. The maximum absolute atomic E-state index is 12.6. The van der Waals surface area contributed by atoms with Crippen molar-refractivity contribution < 1.29 is 8.42 Å². The Balaban J connectivity index is 1.43. The number of nitrogens with zero attached hydrogens (tertiary/aromatic N) is 4. The minimum absolute atomic E-state index is 0.0714. The van der Waals surface area contributed by atoms with Gasteiger partial charge < -0.3 is 15.5 Å². The third-order valence-corrected chi connectivity index (χ3v) is 7.05. The summed E-state index contributed by atoms with van der Waals surface area (Å²) in [6, 6.07) is 6.24. The molecule has 8 nitrogen and oxygen atoms in total. The predicted octanol–water partition coefficient (Wildman–Crippen LogP) is 0.641. The van der Waals surface area contributed by atoms with Crippen molar-refractivity contribution in [2.75, 3.05) is 50.4 Å². The molecule has 0 unspecified atom stereocenters. The van der Waals surface area contributed by atoms with Crippen molar-refractivity contribution in [3.63, 3.8) is 0 Å². The topological polar surface area (TPSA) is 89.9 Å². The van der Waals surface area contributed by atoms with E-state index in [1.807, 2.05) is 18.2 Å². The maximum Gasteiger partial charge on any atom is 0.215 e. The van der Waals surface area contributed by atoms with E-state index < -0.39 is 10.0 Å². The molecule has 150 valence electrons. The lowest BCUT2D eigenvalue weighted by Crippen LogP contribution is -2.51. The summed E-state index contributed by atoms with van der Waals surface area (Å²) in [5.41, 5.74) is 0. The largest absolute Gasteiger partial charge is 0.355 e. The van der Waals surface area contributed by atoms with E-state index in [1.165, 1.54) is 12.8 Å². The number of rotatable bonds is 6. The average molecular weight is 395 g/mol. The van der Waals surface area contributed by atoms with Crippen LogP contribution in [0, 0.1) is 0 Å². The van der Waals surface area contributed by atoms with Crippen LogP contribution in [0.3, 0.4) is 0 Å². The summed E-state index contributed by atoms with van der Waals surface area (Å²) in [5.74, 6) is 1.66. The molecule has 9 heteroatoms. The minimum Gasteiger partial charge on any atom is -0.355 e. The number of sulfonamides is 1. The molecule has 0 atom stereocenters. The molecular formula is C18H30N6O2S. The van der Waals surface area contributed by atoms with Gasteiger partial charge in [-0.15, -0.1) is 0 Å². The van der Waals surface area contributed by atoms with Crippen LogP contribution in [-0.2, 0) is 10.0 Å². The number of hydrogen-bond acceptors (Lipinski definition) is 5. The van der Waals surface area contributed by atoms with Crippen LogP contribution in [0.1, 0.15) is 25.7 Å². The van der Waals surface area contributed by atoms with Gasteiger partial charge in [-0.05, 0) is 25.0 Å². The highest BCUT2D eigenvalue weighted by Gasteiger charge is 2.27. The maximum atomic E-state index is 12.6. The molecular weight excluding hydrogens is 364 g/mol. The molecule has 1 aromatic rings. The second-order valence-electron chi connectivity index (χ2n) is 7.01. The second-order valence-corrected chi connectivity index (χ2v) is 9.10. The zero-order valence-electron chi connectivity index (χ0n) is 16.0. The summed E-state index contributed by atoms with van der Waals surface area (Å²) in [6.45, 7) is 2.67. The fourth-order valence-corrected chi connectivity index (χ4v) is 4.96. The van der Waals surface area contributed by atoms with Crippen LogP contribution >= 0.6 is 0 Å². The molecule has 1 aliphatic heterocycles. The smallest absolute Gasteiger partial charge is 0.215 e. The highest BCUT2D eigenvalue weighted by atomic mass is 32.2. The van der Waals surface area contributed by atoms with E-state index in [4.69, 9.17) is 0 Å². The third kappa shape index (κ3) is 5.55. The lowest BCUT2D eigenvalue weighted by atomic mass is 10.2. The first kappa shape index (κ1) is 19.9. The monoisotopic (exact) mass is 394 g/mol. The van der Waals surface area contributed by atoms with Crippen molar-refractivity contribution in [1.82, 2.24) is 19.9 Å². The Morgan fingerprint density at radius 3 is 2.59 bits per heavy atom. The van der Waals surface area contributed by atoms with Crippen molar-refractivity contribution >= 4 is 21.8 Å². The van der Waals surface area contributed by atoms with Crippen molar-refractivity contribution in [2.45, 2.75) is 31.7 Å². The Bertz CT molecular complexity index is 711. The van der Waals surface area contributed by atoms with Gasteiger partial charge in [-0.2, -0.15) is 4.31 Å². The first-order chi connectivity index (χ1) is 13.1. The van der Waals surface area contributed by atoms with Crippen LogP contribution in [0.15, 0.2) is 29.4 Å². The number of pyridine rings is 1. The summed E-state index contributed by atoms with van der Waals surface area (Å²) < 4.78 is 26.9. The van der Waals surface area contributed by atoms with Gasteiger partial charge in [-0.1, -0.05) is 18.9 Å². The van der Waals surface area contributed by atoms with Crippen molar-refractivity contribution in [2.24, 2.45) is 4.99 Å². The second kappa shape index (κ2) is 9.36. The summed E-state index contributed by atoms with van der Waals surface area (Å²) in [5, 5.41) is 6.51. The van der Waals surface area contributed by atoms with Crippen molar-refractivity contribution in [3.8, 4) is 0 Å². The lowest BCUT2D eigenvalue weighted by molar-refractivity contribution is 0.384. The summed E-state index contributed by atoms with van der Waals surface area (Å²) in [7, 11) is -1.56. The molecule has 2 N–H and O–H groups in total. The Morgan fingerprint density at radius 2 is 1.96 bits per heavy atom. The molecule has 0 amide bonds. The predicted molar refractivity (Wildman–Crippen MR) is 109 cm³/mol. The number of aliphatic imine (C=N–C) groups is 1. The highest BCUT2D eigenvalue weighted by molar-refractivity contribution is 7.89. The van der Waals surface area contributed by atoms with Gasteiger partial charge in [0, 0.05) is 52.0 Å². The van der Waals surface area contributed by atoms with Gasteiger partial charge in [0.2, 0.25) is 10.0 Å². The number of piperazine rings is 1. The Kier molecular flexibility index (Phi) is 6.89. The van der Waals surface area contributed by atoms with E-state index in [0.717, 1.165) is 18.7 Å². The Labute approximate surface area is 162 Å². The summed E-state index contributed by atoms with van der Waals surface area (Å²) in [4.78, 5) is 10.7. The van der Waals surface area contributed by atoms with Gasteiger partial charge in [-0.25, -0.2) is 13.4 Å². The summed E-state index contributed by atoms with van der Waals surface area (Å²) >= 11 is 0. The van der Waals surface area contributed by atoms with Gasteiger partial charge in [0.05, 0.1) is 5.75 Å². The standard InChI is InChI=1S/C18H30N6O2S/c1-19-18(22-16-6-2-3-7-16)21-10-15-27(25,26)24-13-11-23(12-14-24)17-8-4-5-9-20-17/h4-5,8-9,16H,2-3,6-7,10-15H2,1H3,(H2,19,21,22). The van der Waals surface area contributed by atoms with Gasteiger partial charge in [0.15, 0.2) is 5.96 Å². The van der Waals surface area contributed by atoms with E-state index in [1.54, 1.807) is 17.5 Å². The zero-order chi connectivity index (χ0) is 19.1. The number of aromatic nitrogens is 1. The molecule has 1 aromatic heterocycles. The van der Waals surface area contributed by atoms with E-state index in [0.29, 0.717) is 44.7 Å². The third-order valence-electron chi connectivity index (χ3n) is 5.18. The Hall–Kier alpha value is -1.87. The minimum atomic E-state index is -3.28. The van der Waals surface area contributed by atoms with E-state index in [2.05, 4.69) is 25.5 Å². The van der Waals surface area contributed by atoms with Crippen LogP contribution in [0.2, 0.25) is 0 Å². The fraction of sp³-hybridized carbons (Fsp3) is 0.667. The van der Waals surface area contributed by atoms with E-state index in [-0.39, 0.29) is 5.75 Å². The van der Waals surface area contributed by atoms with Gasteiger partial charge >= 0.3 is 0 Å². The molecule has 0 radical (unpaired) electrons. The molecule has 1 saturated carbocycles. The van der Waals surface area contributed by atoms with Crippen LogP contribution in [0.25, 0.3) is 0 Å². The molecule has 2 fully saturated rings. The summed E-state index contributed by atoms with van der Waals surface area (Å²) in [6.07, 6.45) is 6.55. The van der Waals surface area contributed by atoms with Crippen LogP contribution < -0.4 is 15.5 Å². The quantitative estimate of drug-likeness (QED) is 0.544. The number of hydrogen-bond donors (Lipinski definition) is 2. The molecule has 0 bridgehead atoms. The molecule has 0 spiro atoms. The average Bonchev–Trinajstić information content (AvgIpc) is 3.21. The van der Waals surface area contributed by atoms with Crippen LogP contribution in [-0.4, -0.2) is 75.2 Å². The molecule has 3 rings (SSSR count).